The van der Waals surface area contributed by atoms with Crippen LogP contribution in [0.3, 0.4) is 0 Å². The fraction of sp³-hybridized carbons (Fsp3) is 0.417. The molecule has 1 aliphatic rings. The highest BCUT2D eigenvalue weighted by Crippen LogP contribution is 2.34. The number of rotatable bonds is 4. The molecule has 1 atom stereocenters. The number of benzene rings is 1. The quantitative estimate of drug-likeness (QED) is 0.905. The van der Waals surface area contributed by atoms with Crippen LogP contribution in [0, 0.1) is 0 Å². The Labute approximate surface area is 124 Å². The maximum Gasteiger partial charge on any atom is 0.573 e. The third-order valence-electron chi connectivity index (χ3n) is 3.15. The maximum absolute atomic E-state index is 12.5. The standard InChI is InChI=1S/C12H12F3NO5S/c13-12(14,15)21-9-5-1-2-6-10(9)22(19,20)16-7-3-4-8(16)11(17)18/h1-2,5-6,8H,3-4,7H2,(H,17,18). The van der Waals surface area contributed by atoms with E-state index in [0.29, 0.717) is 10.7 Å². The summed E-state index contributed by atoms with van der Waals surface area (Å²) in [5.41, 5.74) is 0. The molecule has 0 spiro atoms. The van der Waals surface area contributed by atoms with Crippen LogP contribution in [0.25, 0.3) is 0 Å². The molecule has 0 saturated carbocycles. The molecule has 1 aromatic carbocycles. The summed E-state index contributed by atoms with van der Waals surface area (Å²) >= 11 is 0. The van der Waals surface area contributed by atoms with Crippen LogP contribution in [0.2, 0.25) is 0 Å². The van der Waals surface area contributed by atoms with Gasteiger partial charge in [-0.1, -0.05) is 12.1 Å². The molecular weight excluding hydrogens is 327 g/mol. The molecule has 1 N–H and O–H groups in total. The molecule has 22 heavy (non-hydrogen) atoms. The van der Waals surface area contributed by atoms with Crippen molar-refractivity contribution in [3.05, 3.63) is 24.3 Å². The molecule has 1 unspecified atom stereocenters. The van der Waals surface area contributed by atoms with Crippen molar-refractivity contribution in [1.29, 1.82) is 0 Å². The number of para-hydroxylation sites is 1. The molecule has 0 radical (unpaired) electrons. The number of ether oxygens (including phenoxy) is 1. The normalized spacial score (nSPS) is 20.0. The minimum atomic E-state index is -5.05. The molecule has 1 aliphatic heterocycles. The van der Waals surface area contributed by atoms with E-state index in [1.807, 2.05) is 0 Å². The van der Waals surface area contributed by atoms with E-state index in [1.54, 1.807) is 0 Å². The van der Waals surface area contributed by atoms with Crippen molar-refractivity contribution >= 4 is 16.0 Å². The number of carbonyl (C=O) groups is 1. The Morgan fingerprint density at radius 2 is 1.95 bits per heavy atom. The van der Waals surface area contributed by atoms with E-state index in [4.69, 9.17) is 5.11 Å². The minimum Gasteiger partial charge on any atom is -0.480 e. The van der Waals surface area contributed by atoms with Crippen LogP contribution in [-0.4, -0.2) is 42.7 Å². The van der Waals surface area contributed by atoms with Crippen LogP contribution in [0.15, 0.2) is 29.2 Å². The summed E-state index contributed by atoms with van der Waals surface area (Å²) in [5.74, 6) is -2.22. The SMILES string of the molecule is O=C(O)C1CCCN1S(=O)(=O)c1ccccc1OC(F)(F)F. The van der Waals surface area contributed by atoms with E-state index < -0.39 is 39.0 Å². The Morgan fingerprint density at radius 3 is 2.55 bits per heavy atom. The number of halogens is 3. The summed E-state index contributed by atoms with van der Waals surface area (Å²) in [6, 6.07) is 2.96. The van der Waals surface area contributed by atoms with E-state index in [9.17, 15) is 26.4 Å². The van der Waals surface area contributed by atoms with E-state index in [1.165, 1.54) is 12.1 Å². The Hall–Kier alpha value is -1.81. The van der Waals surface area contributed by atoms with Crippen LogP contribution in [0.4, 0.5) is 13.2 Å². The van der Waals surface area contributed by atoms with Gasteiger partial charge in [-0.25, -0.2) is 8.42 Å². The second-order valence-electron chi connectivity index (χ2n) is 4.61. The summed E-state index contributed by atoms with van der Waals surface area (Å²) in [6.07, 6.45) is -4.63. The second kappa shape index (κ2) is 5.76. The first kappa shape index (κ1) is 16.6. The van der Waals surface area contributed by atoms with Gasteiger partial charge in [-0.05, 0) is 25.0 Å². The maximum atomic E-state index is 12.5. The van der Waals surface area contributed by atoms with Crippen LogP contribution < -0.4 is 4.74 Å². The average molecular weight is 339 g/mol. The number of sulfonamides is 1. The highest BCUT2D eigenvalue weighted by atomic mass is 32.2. The molecule has 0 amide bonds. The van der Waals surface area contributed by atoms with Gasteiger partial charge in [0.2, 0.25) is 10.0 Å². The van der Waals surface area contributed by atoms with Crippen molar-refractivity contribution in [3.63, 3.8) is 0 Å². The van der Waals surface area contributed by atoms with Gasteiger partial charge in [0.15, 0.2) is 0 Å². The second-order valence-corrected chi connectivity index (χ2v) is 6.47. The Balaban J connectivity index is 2.44. The molecule has 1 aromatic rings. The van der Waals surface area contributed by atoms with Crippen molar-refractivity contribution in [2.24, 2.45) is 0 Å². The molecule has 1 fully saturated rings. The summed E-state index contributed by atoms with van der Waals surface area (Å²) in [7, 11) is -4.41. The molecule has 1 heterocycles. The van der Waals surface area contributed by atoms with Gasteiger partial charge in [-0.2, -0.15) is 4.31 Å². The van der Waals surface area contributed by atoms with Crippen molar-refractivity contribution in [3.8, 4) is 5.75 Å². The lowest BCUT2D eigenvalue weighted by molar-refractivity contribution is -0.275. The van der Waals surface area contributed by atoms with Gasteiger partial charge in [0.05, 0.1) is 0 Å². The lowest BCUT2D eigenvalue weighted by atomic mass is 10.2. The van der Waals surface area contributed by atoms with Crippen LogP contribution in [0.1, 0.15) is 12.8 Å². The molecule has 0 aliphatic carbocycles. The van der Waals surface area contributed by atoms with Gasteiger partial charge in [0.1, 0.15) is 16.7 Å². The summed E-state index contributed by atoms with van der Waals surface area (Å²) in [4.78, 5) is 10.4. The predicted octanol–water partition coefficient (Wildman–Crippen LogP) is 1.82. The number of alkyl halides is 3. The topological polar surface area (TPSA) is 83.9 Å². The van der Waals surface area contributed by atoms with E-state index >= 15 is 0 Å². The number of carboxylic acids is 1. The van der Waals surface area contributed by atoms with Crippen molar-refractivity contribution in [2.75, 3.05) is 6.54 Å². The van der Waals surface area contributed by atoms with Gasteiger partial charge < -0.3 is 9.84 Å². The van der Waals surface area contributed by atoms with Crippen molar-refractivity contribution < 1.29 is 36.2 Å². The molecule has 2 rings (SSSR count). The van der Waals surface area contributed by atoms with Gasteiger partial charge >= 0.3 is 12.3 Å². The number of nitrogens with zero attached hydrogens (tertiary/aromatic N) is 1. The lowest BCUT2D eigenvalue weighted by Gasteiger charge is -2.22. The lowest BCUT2D eigenvalue weighted by Crippen LogP contribution is -2.40. The Bertz CT molecular complexity index is 674. The van der Waals surface area contributed by atoms with Crippen LogP contribution >= 0.6 is 0 Å². The molecule has 1 saturated heterocycles. The zero-order valence-corrected chi connectivity index (χ0v) is 11.9. The largest absolute Gasteiger partial charge is 0.573 e. The number of hydrogen-bond donors (Lipinski definition) is 1. The van der Waals surface area contributed by atoms with Gasteiger partial charge in [0, 0.05) is 6.54 Å². The average Bonchev–Trinajstić information content (AvgIpc) is 2.87. The van der Waals surface area contributed by atoms with Gasteiger partial charge in [-0.15, -0.1) is 13.2 Å². The highest BCUT2D eigenvalue weighted by molar-refractivity contribution is 7.89. The van der Waals surface area contributed by atoms with Crippen molar-refractivity contribution in [1.82, 2.24) is 4.31 Å². The van der Waals surface area contributed by atoms with Crippen LogP contribution in [0.5, 0.6) is 5.75 Å². The molecule has 6 nitrogen and oxygen atoms in total. The number of aliphatic carboxylic acids is 1. The molecular formula is C12H12F3NO5S. The van der Waals surface area contributed by atoms with Gasteiger partial charge in [-0.3, -0.25) is 4.79 Å². The van der Waals surface area contributed by atoms with E-state index in [2.05, 4.69) is 4.74 Å². The number of hydrogen-bond acceptors (Lipinski definition) is 4. The molecule has 122 valence electrons. The van der Waals surface area contributed by atoms with E-state index in [-0.39, 0.29) is 13.0 Å². The smallest absolute Gasteiger partial charge is 0.480 e. The summed E-state index contributed by atoms with van der Waals surface area (Å²) in [6.45, 7) is -0.0698. The third kappa shape index (κ3) is 3.33. The molecule has 10 heteroatoms. The molecule has 0 aromatic heterocycles. The van der Waals surface area contributed by atoms with Gasteiger partial charge in [0.25, 0.3) is 0 Å². The Kier molecular flexibility index (Phi) is 4.34. The van der Waals surface area contributed by atoms with Crippen molar-refractivity contribution in [2.45, 2.75) is 30.1 Å². The molecule has 0 bridgehead atoms. The summed E-state index contributed by atoms with van der Waals surface area (Å²) < 4.78 is 66.5. The zero-order valence-electron chi connectivity index (χ0n) is 11.1. The van der Waals surface area contributed by atoms with Crippen LogP contribution in [-0.2, 0) is 14.8 Å². The third-order valence-corrected chi connectivity index (χ3v) is 5.10. The monoisotopic (exact) mass is 339 g/mol. The number of carboxylic acid groups (broad SMARTS) is 1. The Morgan fingerprint density at radius 1 is 1.32 bits per heavy atom. The fourth-order valence-corrected chi connectivity index (χ4v) is 4.04. The first-order valence-corrected chi connectivity index (χ1v) is 7.66. The zero-order chi connectivity index (χ0) is 16.5. The minimum absolute atomic E-state index is 0.0698. The first-order valence-electron chi connectivity index (χ1n) is 6.22. The summed E-state index contributed by atoms with van der Waals surface area (Å²) in [5, 5.41) is 9.03. The first-order chi connectivity index (χ1) is 10.1. The predicted molar refractivity (Wildman–Crippen MR) is 67.7 cm³/mol. The fourth-order valence-electron chi connectivity index (χ4n) is 2.27. The van der Waals surface area contributed by atoms with E-state index in [0.717, 1.165) is 12.1 Å². The highest BCUT2D eigenvalue weighted by Gasteiger charge is 2.42.